The van der Waals surface area contributed by atoms with Gasteiger partial charge in [0.2, 0.25) is 5.13 Å². The van der Waals surface area contributed by atoms with Crippen molar-refractivity contribution in [3.05, 3.63) is 21.9 Å². The average molecular weight is 366 g/mol. The lowest BCUT2D eigenvalue weighted by molar-refractivity contribution is 0.372. The number of piperazine rings is 1. The minimum absolute atomic E-state index is 0.777. The quantitative estimate of drug-likeness (QED) is 0.658. The summed E-state index contributed by atoms with van der Waals surface area (Å²) in [5.74, 6) is 1.89. The van der Waals surface area contributed by atoms with Crippen LogP contribution < -0.4 is 10.2 Å². The zero-order valence-electron chi connectivity index (χ0n) is 14.3. The highest BCUT2D eigenvalue weighted by Gasteiger charge is 2.22. The molecule has 0 spiro atoms. The van der Waals surface area contributed by atoms with Crippen LogP contribution in [0.5, 0.6) is 0 Å². The molecule has 0 radical (unpaired) electrons. The third-order valence-electron chi connectivity index (χ3n) is 4.09. The van der Waals surface area contributed by atoms with Crippen molar-refractivity contribution in [1.82, 2.24) is 24.6 Å². The summed E-state index contributed by atoms with van der Waals surface area (Å²) in [7, 11) is 1.84. The van der Waals surface area contributed by atoms with Crippen LogP contribution in [0.3, 0.4) is 0 Å². The standard InChI is InChI=1S/C15H23N7S2/c1-4-13-19-15(24-20-13)22-7-5-21(6-8-22)14(16-3)17-9-12-11(2)18-10-23-12/h10H,4-9H2,1-3H3,(H,16,17). The molecule has 3 rings (SSSR count). The Morgan fingerprint density at radius 2 is 2.12 bits per heavy atom. The molecule has 1 N–H and O–H groups in total. The molecule has 0 aliphatic carbocycles. The van der Waals surface area contributed by atoms with Gasteiger partial charge in [-0.15, -0.1) is 11.3 Å². The number of rotatable bonds is 4. The van der Waals surface area contributed by atoms with Crippen molar-refractivity contribution in [2.75, 3.05) is 38.1 Å². The monoisotopic (exact) mass is 365 g/mol. The van der Waals surface area contributed by atoms with Gasteiger partial charge in [0.05, 0.1) is 17.7 Å². The van der Waals surface area contributed by atoms with Crippen LogP contribution in [-0.4, -0.2) is 58.4 Å². The Morgan fingerprint density at radius 3 is 2.71 bits per heavy atom. The molecule has 9 heteroatoms. The number of nitrogens with one attached hydrogen (secondary N) is 1. The SMILES string of the molecule is CCc1nsc(N2CCN(C(=NC)NCc3scnc3C)CC2)n1. The molecule has 0 unspecified atom stereocenters. The molecule has 0 saturated carbocycles. The van der Waals surface area contributed by atoms with E-state index < -0.39 is 0 Å². The molecule has 24 heavy (non-hydrogen) atoms. The molecule has 1 saturated heterocycles. The van der Waals surface area contributed by atoms with Crippen LogP contribution in [0.15, 0.2) is 10.5 Å². The molecule has 130 valence electrons. The fraction of sp³-hybridized carbons (Fsp3) is 0.600. The van der Waals surface area contributed by atoms with E-state index in [9.17, 15) is 0 Å². The molecule has 0 aromatic carbocycles. The van der Waals surface area contributed by atoms with E-state index in [1.807, 2.05) is 19.5 Å². The van der Waals surface area contributed by atoms with Gasteiger partial charge in [-0.1, -0.05) is 6.92 Å². The number of aromatic nitrogens is 3. The number of hydrogen-bond acceptors (Lipinski definition) is 7. The maximum absolute atomic E-state index is 4.59. The summed E-state index contributed by atoms with van der Waals surface area (Å²) in [6.45, 7) is 8.66. The van der Waals surface area contributed by atoms with Crippen molar-refractivity contribution < 1.29 is 0 Å². The fourth-order valence-corrected chi connectivity index (χ4v) is 4.13. The average Bonchev–Trinajstić information content (AvgIpc) is 3.25. The maximum atomic E-state index is 4.59. The molecular formula is C15H23N7S2. The Bertz CT molecular complexity index is 686. The van der Waals surface area contributed by atoms with E-state index in [-0.39, 0.29) is 0 Å². The first-order valence-corrected chi connectivity index (χ1v) is 9.78. The van der Waals surface area contributed by atoms with Crippen molar-refractivity contribution in [3.63, 3.8) is 0 Å². The van der Waals surface area contributed by atoms with Crippen LogP contribution in [0.25, 0.3) is 0 Å². The van der Waals surface area contributed by atoms with Crippen molar-refractivity contribution in [2.45, 2.75) is 26.8 Å². The van der Waals surface area contributed by atoms with Crippen LogP contribution >= 0.6 is 22.9 Å². The van der Waals surface area contributed by atoms with Gasteiger partial charge in [0.25, 0.3) is 0 Å². The summed E-state index contributed by atoms with van der Waals surface area (Å²) in [5, 5.41) is 4.49. The second kappa shape index (κ2) is 7.89. The second-order valence-electron chi connectivity index (χ2n) is 5.58. The third-order valence-corrected chi connectivity index (χ3v) is 5.84. The van der Waals surface area contributed by atoms with E-state index in [0.29, 0.717) is 0 Å². The van der Waals surface area contributed by atoms with Crippen LogP contribution in [0.4, 0.5) is 5.13 Å². The lowest BCUT2D eigenvalue weighted by atomic mass is 10.3. The molecule has 1 fully saturated rings. The molecule has 1 aliphatic heterocycles. The van der Waals surface area contributed by atoms with Crippen molar-refractivity contribution in [2.24, 2.45) is 4.99 Å². The molecule has 0 amide bonds. The van der Waals surface area contributed by atoms with E-state index in [2.05, 4.69) is 41.4 Å². The van der Waals surface area contributed by atoms with Crippen molar-refractivity contribution >= 4 is 34.0 Å². The van der Waals surface area contributed by atoms with E-state index in [0.717, 1.165) is 61.8 Å². The molecule has 2 aromatic heterocycles. The molecule has 3 heterocycles. The predicted molar refractivity (Wildman–Crippen MR) is 100 cm³/mol. The van der Waals surface area contributed by atoms with Crippen LogP contribution in [0.2, 0.25) is 0 Å². The molecular weight excluding hydrogens is 342 g/mol. The second-order valence-corrected chi connectivity index (χ2v) is 7.25. The molecule has 2 aromatic rings. The summed E-state index contributed by atoms with van der Waals surface area (Å²) in [5.41, 5.74) is 2.98. The Hall–Kier alpha value is -1.74. The Labute approximate surface area is 150 Å². The Kier molecular flexibility index (Phi) is 5.62. The molecule has 0 bridgehead atoms. The van der Waals surface area contributed by atoms with Crippen molar-refractivity contribution in [3.8, 4) is 0 Å². The number of nitrogens with zero attached hydrogens (tertiary/aromatic N) is 6. The zero-order chi connectivity index (χ0) is 16.9. The number of thiazole rings is 1. The van der Waals surface area contributed by atoms with Gasteiger partial charge in [0.1, 0.15) is 5.82 Å². The Morgan fingerprint density at radius 1 is 1.33 bits per heavy atom. The van der Waals surface area contributed by atoms with Gasteiger partial charge in [-0.25, -0.2) is 9.97 Å². The summed E-state index contributed by atoms with van der Waals surface area (Å²) in [4.78, 5) is 19.2. The van der Waals surface area contributed by atoms with Gasteiger partial charge in [-0.2, -0.15) is 4.37 Å². The van der Waals surface area contributed by atoms with Crippen LogP contribution in [-0.2, 0) is 13.0 Å². The minimum Gasteiger partial charge on any atom is -0.351 e. The number of guanidine groups is 1. The summed E-state index contributed by atoms with van der Waals surface area (Å²) < 4.78 is 4.38. The van der Waals surface area contributed by atoms with Gasteiger partial charge >= 0.3 is 0 Å². The highest BCUT2D eigenvalue weighted by Crippen LogP contribution is 2.19. The first kappa shape index (κ1) is 17.1. The minimum atomic E-state index is 0.777. The summed E-state index contributed by atoms with van der Waals surface area (Å²) >= 11 is 3.18. The fourth-order valence-electron chi connectivity index (χ4n) is 2.61. The zero-order valence-corrected chi connectivity index (χ0v) is 16.0. The molecule has 0 atom stereocenters. The first-order chi connectivity index (χ1) is 11.7. The van der Waals surface area contributed by atoms with Gasteiger partial charge in [-0.3, -0.25) is 4.99 Å². The maximum Gasteiger partial charge on any atom is 0.205 e. The highest BCUT2D eigenvalue weighted by molar-refractivity contribution is 7.10. The van der Waals surface area contributed by atoms with Crippen LogP contribution in [0.1, 0.15) is 23.3 Å². The molecule has 7 nitrogen and oxygen atoms in total. The number of hydrogen-bond donors (Lipinski definition) is 1. The number of aryl methyl sites for hydroxylation is 2. The third kappa shape index (κ3) is 3.84. The smallest absolute Gasteiger partial charge is 0.205 e. The van der Waals surface area contributed by atoms with Gasteiger partial charge in [0.15, 0.2) is 5.96 Å². The first-order valence-electron chi connectivity index (χ1n) is 8.13. The van der Waals surface area contributed by atoms with Crippen LogP contribution in [0, 0.1) is 6.92 Å². The van der Waals surface area contributed by atoms with Gasteiger partial charge in [0, 0.05) is 56.1 Å². The van der Waals surface area contributed by atoms with E-state index >= 15 is 0 Å². The largest absolute Gasteiger partial charge is 0.351 e. The highest BCUT2D eigenvalue weighted by atomic mass is 32.1. The lowest BCUT2D eigenvalue weighted by Crippen LogP contribution is -2.52. The summed E-state index contributed by atoms with van der Waals surface area (Å²) in [6, 6.07) is 0. The summed E-state index contributed by atoms with van der Waals surface area (Å²) in [6.07, 6.45) is 0.893. The number of anilines is 1. The topological polar surface area (TPSA) is 69.5 Å². The van der Waals surface area contributed by atoms with E-state index in [4.69, 9.17) is 0 Å². The van der Waals surface area contributed by atoms with E-state index in [1.54, 1.807) is 11.3 Å². The Balaban J connectivity index is 1.53. The van der Waals surface area contributed by atoms with Gasteiger partial charge in [-0.05, 0) is 6.92 Å². The van der Waals surface area contributed by atoms with E-state index in [1.165, 1.54) is 16.4 Å². The molecule has 1 aliphatic rings. The normalized spacial score (nSPS) is 15.9. The lowest BCUT2D eigenvalue weighted by Gasteiger charge is -2.36. The van der Waals surface area contributed by atoms with Gasteiger partial charge < -0.3 is 15.1 Å². The number of aliphatic imine (C=N–C) groups is 1. The van der Waals surface area contributed by atoms with Crippen molar-refractivity contribution in [1.29, 1.82) is 0 Å². The predicted octanol–water partition coefficient (Wildman–Crippen LogP) is 1.76.